The number of rotatable bonds is 6. The molecule has 0 unspecified atom stereocenters. The molecule has 28 heavy (non-hydrogen) atoms. The van der Waals surface area contributed by atoms with Crippen molar-refractivity contribution in [3.63, 3.8) is 0 Å². The second kappa shape index (κ2) is 8.15. The summed E-state index contributed by atoms with van der Waals surface area (Å²) >= 11 is 0. The monoisotopic (exact) mass is 410 g/mol. The molecule has 0 aliphatic heterocycles. The molecule has 0 saturated heterocycles. The first kappa shape index (κ1) is 20.1. The lowest BCUT2D eigenvalue weighted by atomic mass is 9.94. The molecule has 1 N–H and O–H groups in total. The summed E-state index contributed by atoms with van der Waals surface area (Å²) < 4.78 is 46.4. The molecule has 9 nitrogen and oxygen atoms in total. The first-order chi connectivity index (χ1) is 13.2. The van der Waals surface area contributed by atoms with Crippen LogP contribution in [-0.2, 0) is 10.0 Å². The van der Waals surface area contributed by atoms with Crippen LogP contribution in [0.4, 0.5) is 10.1 Å². The average molecular weight is 410 g/mol. The third kappa shape index (κ3) is 4.78. The zero-order chi connectivity index (χ0) is 20.3. The smallest absolute Gasteiger partial charge is 0.316 e. The Morgan fingerprint density at radius 1 is 1.21 bits per heavy atom. The van der Waals surface area contributed by atoms with Gasteiger partial charge >= 0.3 is 6.01 Å². The van der Waals surface area contributed by atoms with Crippen molar-refractivity contribution in [1.82, 2.24) is 14.7 Å². The van der Waals surface area contributed by atoms with E-state index < -0.39 is 20.8 Å². The Labute approximate surface area is 161 Å². The number of nitro groups is 1. The molecule has 0 spiro atoms. The van der Waals surface area contributed by atoms with Crippen molar-refractivity contribution >= 4 is 15.7 Å². The molecule has 1 aromatic carbocycles. The summed E-state index contributed by atoms with van der Waals surface area (Å²) in [6, 6.07) is 3.53. The number of nitrogens with zero attached hydrogens (tertiary/aromatic N) is 3. The fraction of sp³-hybridized carbons (Fsp3) is 0.412. The highest BCUT2D eigenvalue weighted by molar-refractivity contribution is 7.89. The van der Waals surface area contributed by atoms with Crippen molar-refractivity contribution < 1.29 is 22.5 Å². The van der Waals surface area contributed by atoms with Gasteiger partial charge in [-0.1, -0.05) is 6.07 Å². The molecular weight excluding hydrogens is 391 g/mol. The predicted molar refractivity (Wildman–Crippen MR) is 96.8 cm³/mol. The van der Waals surface area contributed by atoms with Crippen molar-refractivity contribution in [2.45, 2.75) is 49.6 Å². The highest BCUT2D eigenvalue weighted by Crippen LogP contribution is 2.26. The number of ether oxygens (including phenoxy) is 1. The molecular formula is C17H19FN4O5S. The van der Waals surface area contributed by atoms with Gasteiger partial charge in [-0.2, -0.15) is 0 Å². The SMILES string of the molecule is Cc1ccc([N+](=O)[O-])cc1S(=O)(=O)NC1CCC(Oc2ncc(F)cn2)CC1. The first-order valence-electron chi connectivity index (χ1n) is 8.66. The lowest BCUT2D eigenvalue weighted by molar-refractivity contribution is -0.385. The summed E-state index contributed by atoms with van der Waals surface area (Å²) in [6.45, 7) is 1.59. The van der Waals surface area contributed by atoms with Gasteiger partial charge in [0.1, 0.15) is 6.10 Å². The van der Waals surface area contributed by atoms with Gasteiger partial charge in [0.25, 0.3) is 5.69 Å². The third-order valence-corrected chi connectivity index (χ3v) is 6.20. The molecule has 1 saturated carbocycles. The van der Waals surface area contributed by atoms with Gasteiger partial charge in [-0.25, -0.2) is 27.5 Å². The van der Waals surface area contributed by atoms with E-state index in [1.165, 1.54) is 12.1 Å². The number of halogens is 1. The highest BCUT2D eigenvalue weighted by atomic mass is 32.2. The molecule has 11 heteroatoms. The van der Waals surface area contributed by atoms with E-state index in [0.717, 1.165) is 18.5 Å². The number of aryl methyl sites for hydroxylation is 1. The summed E-state index contributed by atoms with van der Waals surface area (Å²) in [7, 11) is -3.89. The Morgan fingerprint density at radius 2 is 1.86 bits per heavy atom. The standard InChI is InChI=1S/C17H19FN4O5S/c1-11-2-5-14(22(23)24)8-16(11)28(25,26)21-13-3-6-15(7-4-13)27-17-19-9-12(18)10-20-17/h2,5,8-10,13,15,21H,3-4,6-7H2,1H3. The van der Waals surface area contributed by atoms with Crippen molar-refractivity contribution in [3.8, 4) is 6.01 Å². The molecule has 3 rings (SSSR count). The Bertz CT molecular complexity index is 960. The fourth-order valence-electron chi connectivity index (χ4n) is 3.08. The van der Waals surface area contributed by atoms with E-state index in [2.05, 4.69) is 14.7 Å². The molecule has 1 aromatic heterocycles. The molecule has 2 aromatic rings. The van der Waals surface area contributed by atoms with Gasteiger partial charge in [-0.3, -0.25) is 10.1 Å². The van der Waals surface area contributed by atoms with Crippen LogP contribution >= 0.6 is 0 Å². The van der Waals surface area contributed by atoms with E-state index in [-0.39, 0.29) is 28.7 Å². The maximum absolute atomic E-state index is 12.8. The van der Waals surface area contributed by atoms with Gasteiger partial charge in [-0.05, 0) is 38.2 Å². The zero-order valence-corrected chi connectivity index (χ0v) is 15.9. The van der Waals surface area contributed by atoms with E-state index in [0.29, 0.717) is 31.2 Å². The zero-order valence-electron chi connectivity index (χ0n) is 15.0. The number of aromatic nitrogens is 2. The van der Waals surface area contributed by atoms with Crippen LogP contribution in [0.3, 0.4) is 0 Å². The van der Waals surface area contributed by atoms with Crippen LogP contribution < -0.4 is 9.46 Å². The number of nitro benzene ring substituents is 1. The molecule has 0 atom stereocenters. The summed E-state index contributed by atoms with van der Waals surface area (Å²) in [4.78, 5) is 17.7. The Balaban J connectivity index is 1.61. The number of benzene rings is 1. The Hall–Kier alpha value is -2.66. The maximum atomic E-state index is 12.8. The first-order valence-corrected chi connectivity index (χ1v) is 10.1. The lowest BCUT2D eigenvalue weighted by Crippen LogP contribution is -2.40. The van der Waals surface area contributed by atoms with Gasteiger partial charge in [0.15, 0.2) is 5.82 Å². The van der Waals surface area contributed by atoms with Gasteiger partial charge in [0.2, 0.25) is 10.0 Å². The number of nitrogens with one attached hydrogen (secondary N) is 1. The van der Waals surface area contributed by atoms with Gasteiger partial charge in [0.05, 0.1) is 22.2 Å². The lowest BCUT2D eigenvalue weighted by Gasteiger charge is -2.28. The van der Waals surface area contributed by atoms with Crippen LogP contribution in [0.1, 0.15) is 31.2 Å². The second-order valence-corrected chi connectivity index (χ2v) is 8.29. The van der Waals surface area contributed by atoms with Crippen LogP contribution in [-0.4, -0.2) is 35.5 Å². The fourth-order valence-corrected chi connectivity index (χ4v) is 4.65. The summed E-state index contributed by atoms with van der Waals surface area (Å²) in [6.07, 6.45) is 4.04. The van der Waals surface area contributed by atoms with Crippen LogP contribution in [0.25, 0.3) is 0 Å². The van der Waals surface area contributed by atoms with Crippen LogP contribution in [0.15, 0.2) is 35.5 Å². The van der Waals surface area contributed by atoms with Gasteiger partial charge in [-0.15, -0.1) is 0 Å². The van der Waals surface area contributed by atoms with Gasteiger partial charge in [0, 0.05) is 18.2 Å². The summed E-state index contributed by atoms with van der Waals surface area (Å²) in [5.74, 6) is -0.554. The minimum Gasteiger partial charge on any atom is -0.460 e. The molecule has 0 radical (unpaired) electrons. The van der Waals surface area contributed by atoms with E-state index in [4.69, 9.17) is 4.74 Å². The van der Waals surface area contributed by atoms with Crippen molar-refractivity contribution in [1.29, 1.82) is 0 Å². The predicted octanol–water partition coefficient (Wildman–Crippen LogP) is 2.50. The van der Waals surface area contributed by atoms with Crippen molar-refractivity contribution in [3.05, 3.63) is 52.1 Å². The maximum Gasteiger partial charge on any atom is 0.316 e. The molecule has 1 aliphatic carbocycles. The number of hydrogen-bond donors (Lipinski definition) is 1. The van der Waals surface area contributed by atoms with E-state index in [1.807, 2.05) is 0 Å². The largest absolute Gasteiger partial charge is 0.460 e. The van der Waals surface area contributed by atoms with Gasteiger partial charge < -0.3 is 4.74 Å². The van der Waals surface area contributed by atoms with Crippen LogP contribution in [0.2, 0.25) is 0 Å². The quantitative estimate of drug-likeness (QED) is 0.573. The summed E-state index contributed by atoms with van der Waals surface area (Å²) in [5, 5.41) is 10.9. The topological polar surface area (TPSA) is 124 Å². The Morgan fingerprint density at radius 3 is 2.46 bits per heavy atom. The number of non-ortho nitro benzene ring substituents is 1. The second-order valence-electron chi connectivity index (χ2n) is 6.60. The minimum absolute atomic E-state index is 0.0812. The van der Waals surface area contributed by atoms with Crippen LogP contribution in [0, 0.1) is 22.9 Å². The summed E-state index contributed by atoms with van der Waals surface area (Å²) in [5.41, 5.74) is 0.158. The van der Waals surface area contributed by atoms with Crippen LogP contribution in [0.5, 0.6) is 6.01 Å². The molecule has 0 bridgehead atoms. The average Bonchev–Trinajstić information content (AvgIpc) is 2.65. The molecule has 0 amide bonds. The van der Waals surface area contributed by atoms with Crippen molar-refractivity contribution in [2.75, 3.05) is 0 Å². The normalized spacial score (nSPS) is 19.9. The molecule has 1 heterocycles. The number of hydrogen-bond acceptors (Lipinski definition) is 7. The Kier molecular flexibility index (Phi) is 5.84. The van der Waals surface area contributed by atoms with E-state index in [1.54, 1.807) is 6.92 Å². The van der Waals surface area contributed by atoms with E-state index in [9.17, 15) is 22.9 Å². The molecule has 1 fully saturated rings. The minimum atomic E-state index is -3.89. The highest BCUT2D eigenvalue weighted by Gasteiger charge is 2.28. The van der Waals surface area contributed by atoms with Crippen molar-refractivity contribution in [2.24, 2.45) is 0 Å². The third-order valence-electron chi connectivity index (χ3n) is 4.54. The number of sulfonamides is 1. The molecule has 1 aliphatic rings. The molecule has 150 valence electrons. The van der Waals surface area contributed by atoms with E-state index >= 15 is 0 Å².